The molecule has 1 aliphatic carbocycles. The largest absolute Gasteiger partial charge is 0.483 e. The van der Waals surface area contributed by atoms with Crippen molar-refractivity contribution in [1.29, 1.82) is 0 Å². The van der Waals surface area contributed by atoms with E-state index in [-0.39, 0.29) is 30.4 Å². The van der Waals surface area contributed by atoms with Crippen LogP contribution in [0.2, 0.25) is 0 Å². The van der Waals surface area contributed by atoms with Gasteiger partial charge in [-0.15, -0.1) is 11.3 Å². The molecular weight excluding hydrogens is 424 g/mol. The highest BCUT2D eigenvalue weighted by Crippen LogP contribution is 2.41. The Labute approximate surface area is 194 Å². The van der Waals surface area contributed by atoms with Gasteiger partial charge in [-0.1, -0.05) is 32.6 Å². The molecule has 4 rings (SSSR count). The van der Waals surface area contributed by atoms with Crippen molar-refractivity contribution in [2.75, 3.05) is 18.1 Å². The van der Waals surface area contributed by atoms with Crippen molar-refractivity contribution in [3.05, 3.63) is 47.0 Å². The van der Waals surface area contributed by atoms with Crippen molar-refractivity contribution in [2.24, 2.45) is 0 Å². The van der Waals surface area contributed by atoms with E-state index in [1.54, 1.807) is 6.07 Å². The van der Waals surface area contributed by atoms with Gasteiger partial charge in [-0.2, -0.15) is 0 Å². The summed E-state index contributed by atoms with van der Waals surface area (Å²) in [5.74, 6) is 0.682. The Morgan fingerprint density at radius 1 is 1.28 bits per heavy atom. The first-order valence-corrected chi connectivity index (χ1v) is 12.1. The molecule has 0 atom stereocenters. The number of carbonyl (C=O) groups is 2. The molecule has 1 aliphatic heterocycles. The zero-order valence-electron chi connectivity index (χ0n) is 19.4. The number of thiazole rings is 1. The molecule has 2 aromatic rings. The Morgan fingerprint density at radius 2 is 2.03 bits per heavy atom. The number of aryl methyl sites for hydroxylation is 2. The number of hydrogen-bond donors (Lipinski definition) is 0. The average molecular weight is 457 g/mol. The molecule has 0 unspecified atom stereocenters. The van der Waals surface area contributed by atoms with Crippen LogP contribution >= 0.6 is 11.3 Å². The molecule has 0 saturated heterocycles. The Bertz CT molecular complexity index is 972. The predicted molar refractivity (Wildman–Crippen MR) is 128 cm³/mol. The molecule has 32 heavy (non-hydrogen) atoms. The highest BCUT2D eigenvalue weighted by molar-refractivity contribution is 7.16. The van der Waals surface area contributed by atoms with Crippen molar-refractivity contribution >= 4 is 28.2 Å². The van der Waals surface area contributed by atoms with E-state index in [9.17, 15) is 9.59 Å². The number of hydrogen-bond acceptors (Lipinski definition) is 6. The summed E-state index contributed by atoms with van der Waals surface area (Å²) in [6, 6.07) is 5.71. The number of anilines is 1. The summed E-state index contributed by atoms with van der Waals surface area (Å²) >= 11 is 1.49. The molecule has 0 radical (unpaired) electrons. The number of ether oxygens (including phenoxy) is 2. The third kappa shape index (κ3) is 5.38. The van der Waals surface area contributed by atoms with Gasteiger partial charge in [0.1, 0.15) is 5.60 Å². The number of rotatable bonds is 7. The number of nitrogens with zero attached hydrogens (tertiary/aromatic N) is 2. The highest BCUT2D eigenvalue weighted by Gasteiger charge is 2.33. The molecule has 2 heterocycles. The minimum Gasteiger partial charge on any atom is -0.483 e. The quantitative estimate of drug-likeness (QED) is 0.553. The zero-order chi connectivity index (χ0) is 23.3. The fraction of sp³-hybridized carbons (Fsp3) is 0.480. The lowest BCUT2D eigenvalue weighted by Crippen LogP contribution is -2.38. The fourth-order valence-electron chi connectivity index (χ4n) is 3.86. The van der Waals surface area contributed by atoms with Crippen LogP contribution in [-0.4, -0.2) is 35.4 Å². The minimum atomic E-state index is -0.314. The summed E-state index contributed by atoms with van der Waals surface area (Å²) in [4.78, 5) is 32.4. The normalized spacial score (nSPS) is 15.4. The predicted octanol–water partition coefficient (Wildman–Crippen LogP) is 4.93. The summed E-state index contributed by atoms with van der Waals surface area (Å²) in [5, 5.41) is 0.557. The van der Waals surface area contributed by atoms with Crippen LogP contribution in [-0.2, 0) is 28.9 Å². The molecule has 7 heteroatoms. The van der Waals surface area contributed by atoms with E-state index < -0.39 is 0 Å². The van der Waals surface area contributed by atoms with Gasteiger partial charge >= 0.3 is 0 Å². The van der Waals surface area contributed by atoms with E-state index in [1.165, 1.54) is 27.2 Å². The second-order valence-electron chi connectivity index (χ2n) is 8.30. The Morgan fingerprint density at radius 3 is 2.75 bits per heavy atom. The maximum atomic E-state index is 13.0. The van der Waals surface area contributed by atoms with Gasteiger partial charge in [-0.05, 0) is 51.7 Å². The van der Waals surface area contributed by atoms with Gasteiger partial charge in [0.2, 0.25) is 0 Å². The molecule has 2 aliphatic rings. The summed E-state index contributed by atoms with van der Waals surface area (Å²) in [6.07, 6.45) is 6.15. The van der Waals surface area contributed by atoms with E-state index in [4.69, 9.17) is 9.47 Å². The first-order valence-electron chi connectivity index (χ1n) is 11.2. The SMILES string of the molecule is C=CC(=O)CN(C(=O)COc1cccc2c1OC(C)(C)C2)c1nc2c(s1)CCCC2.CC. The van der Waals surface area contributed by atoms with Crippen LogP contribution in [0, 0.1) is 0 Å². The number of amides is 1. The van der Waals surface area contributed by atoms with E-state index in [1.807, 2.05) is 39.8 Å². The molecule has 0 N–H and O–H groups in total. The van der Waals surface area contributed by atoms with Crippen LogP contribution in [0.25, 0.3) is 0 Å². The van der Waals surface area contributed by atoms with Crippen LogP contribution in [0.3, 0.4) is 0 Å². The molecule has 0 fully saturated rings. The molecule has 6 nitrogen and oxygen atoms in total. The molecule has 0 bridgehead atoms. The number of carbonyl (C=O) groups excluding carboxylic acids is 2. The number of para-hydroxylation sites is 1. The second kappa shape index (κ2) is 10.3. The lowest BCUT2D eigenvalue weighted by Gasteiger charge is -2.20. The molecule has 1 aromatic carbocycles. The topological polar surface area (TPSA) is 68.7 Å². The minimum absolute atomic E-state index is 0.0888. The lowest BCUT2D eigenvalue weighted by molar-refractivity contribution is -0.122. The van der Waals surface area contributed by atoms with Gasteiger partial charge in [0.25, 0.3) is 5.91 Å². The number of aromatic nitrogens is 1. The first-order chi connectivity index (χ1) is 15.4. The number of fused-ring (bicyclic) bond motifs is 2. The van der Waals surface area contributed by atoms with Gasteiger partial charge in [0, 0.05) is 16.9 Å². The summed E-state index contributed by atoms with van der Waals surface area (Å²) in [5.41, 5.74) is 1.81. The molecular formula is C25H32N2O4S. The average Bonchev–Trinajstić information content (AvgIpc) is 3.36. The van der Waals surface area contributed by atoms with Gasteiger partial charge < -0.3 is 9.47 Å². The number of ketones is 1. The maximum Gasteiger partial charge on any atom is 0.267 e. The van der Waals surface area contributed by atoms with Crippen LogP contribution in [0.1, 0.15) is 56.7 Å². The summed E-state index contributed by atoms with van der Waals surface area (Å²) in [7, 11) is 0. The van der Waals surface area contributed by atoms with Crippen LogP contribution in [0.5, 0.6) is 11.5 Å². The zero-order valence-corrected chi connectivity index (χ0v) is 20.2. The van der Waals surface area contributed by atoms with Crippen LogP contribution in [0.15, 0.2) is 30.9 Å². The Kier molecular flexibility index (Phi) is 7.72. The fourth-order valence-corrected chi connectivity index (χ4v) is 5.02. The van der Waals surface area contributed by atoms with Crippen molar-refractivity contribution in [3.8, 4) is 11.5 Å². The van der Waals surface area contributed by atoms with Crippen LogP contribution < -0.4 is 14.4 Å². The van der Waals surface area contributed by atoms with Gasteiger partial charge in [-0.3, -0.25) is 14.5 Å². The highest BCUT2D eigenvalue weighted by atomic mass is 32.1. The standard InChI is InChI=1S/C23H26N2O4S.C2H6/c1-4-16(26)13-25(22-24-17-9-5-6-11-19(17)30-22)20(27)14-28-18-10-7-8-15-12-23(2,3)29-21(15)18;1-2/h4,7-8,10H,1,5-6,9,11-14H2,2-3H3;1-2H3. The van der Waals surface area contributed by atoms with E-state index >= 15 is 0 Å². The van der Waals surface area contributed by atoms with Crippen molar-refractivity contribution < 1.29 is 19.1 Å². The van der Waals surface area contributed by atoms with Crippen LogP contribution in [0.4, 0.5) is 5.13 Å². The monoisotopic (exact) mass is 456 g/mol. The molecule has 0 spiro atoms. The molecule has 1 amide bonds. The third-order valence-electron chi connectivity index (χ3n) is 5.31. The Hall–Kier alpha value is -2.67. The second-order valence-corrected chi connectivity index (χ2v) is 9.36. The van der Waals surface area contributed by atoms with E-state index in [0.29, 0.717) is 16.6 Å². The van der Waals surface area contributed by atoms with Crippen molar-refractivity contribution in [2.45, 2.75) is 65.4 Å². The van der Waals surface area contributed by atoms with Gasteiger partial charge in [-0.25, -0.2) is 4.98 Å². The van der Waals surface area contributed by atoms with E-state index in [0.717, 1.165) is 43.4 Å². The van der Waals surface area contributed by atoms with Crippen molar-refractivity contribution in [1.82, 2.24) is 4.98 Å². The number of benzene rings is 1. The molecule has 0 saturated carbocycles. The summed E-state index contributed by atoms with van der Waals surface area (Å²) < 4.78 is 11.9. The maximum absolute atomic E-state index is 13.0. The lowest BCUT2D eigenvalue weighted by atomic mass is 10.0. The summed E-state index contributed by atoms with van der Waals surface area (Å²) in [6.45, 7) is 11.3. The van der Waals surface area contributed by atoms with E-state index in [2.05, 4.69) is 11.6 Å². The van der Waals surface area contributed by atoms with Gasteiger partial charge in [0.05, 0.1) is 12.2 Å². The van der Waals surface area contributed by atoms with Crippen molar-refractivity contribution in [3.63, 3.8) is 0 Å². The first kappa shape index (κ1) is 24.0. The molecule has 172 valence electrons. The third-order valence-corrected chi connectivity index (χ3v) is 6.49. The Balaban J connectivity index is 0.00000141. The smallest absolute Gasteiger partial charge is 0.267 e. The molecule has 1 aromatic heterocycles. The van der Waals surface area contributed by atoms with Gasteiger partial charge in [0.15, 0.2) is 29.0 Å².